The minimum atomic E-state index is -0.541. The molecule has 0 aliphatic carbocycles. The molecule has 5 heteroatoms. The van der Waals surface area contributed by atoms with Crippen LogP contribution in [-0.2, 0) is 4.79 Å². The lowest BCUT2D eigenvalue weighted by atomic mass is 10.1. The van der Waals surface area contributed by atoms with E-state index in [1.165, 1.54) is 0 Å². The molecule has 1 atom stereocenters. The second-order valence-corrected chi connectivity index (χ2v) is 6.03. The van der Waals surface area contributed by atoms with Gasteiger partial charge in [0.05, 0.1) is 6.10 Å². The molecule has 2 rings (SSSR count). The Morgan fingerprint density at radius 1 is 1.26 bits per heavy atom. The van der Waals surface area contributed by atoms with Gasteiger partial charge in [0, 0.05) is 51.1 Å². The van der Waals surface area contributed by atoms with Gasteiger partial charge in [0.25, 0.3) is 5.91 Å². The van der Waals surface area contributed by atoms with Crippen LogP contribution in [0, 0.1) is 0 Å². The predicted octanol–water partition coefficient (Wildman–Crippen LogP) is 1.56. The Morgan fingerprint density at radius 2 is 1.91 bits per heavy atom. The SMILES string of the molecule is CCN(CC(O)CCN1CCC(=O)CC1)C(=O)c1ccccc1. The van der Waals surface area contributed by atoms with Crippen molar-refractivity contribution < 1.29 is 14.7 Å². The highest BCUT2D eigenvalue weighted by Crippen LogP contribution is 2.09. The molecule has 1 aliphatic heterocycles. The molecular weight excluding hydrogens is 292 g/mol. The minimum absolute atomic E-state index is 0.0456. The molecule has 1 aliphatic rings. The zero-order valence-electron chi connectivity index (χ0n) is 13.8. The number of ketones is 1. The zero-order chi connectivity index (χ0) is 16.7. The average Bonchev–Trinajstić information content (AvgIpc) is 2.59. The van der Waals surface area contributed by atoms with Crippen LogP contribution in [0.15, 0.2) is 30.3 Å². The number of likely N-dealkylation sites (N-methyl/N-ethyl adjacent to an activating group) is 1. The lowest BCUT2D eigenvalue weighted by Gasteiger charge is -2.28. The number of benzene rings is 1. The molecule has 23 heavy (non-hydrogen) atoms. The maximum Gasteiger partial charge on any atom is 0.253 e. The van der Waals surface area contributed by atoms with E-state index in [9.17, 15) is 14.7 Å². The summed E-state index contributed by atoms with van der Waals surface area (Å²) in [5.74, 6) is 0.281. The largest absolute Gasteiger partial charge is 0.391 e. The van der Waals surface area contributed by atoms with E-state index in [0.717, 1.165) is 19.6 Å². The predicted molar refractivity (Wildman–Crippen MR) is 89.3 cm³/mol. The first kappa shape index (κ1) is 17.6. The standard InChI is InChI=1S/C18H26N2O3/c1-2-20(18(23)15-6-4-3-5-7-15)14-17(22)10-13-19-11-8-16(21)9-12-19/h3-7,17,22H,2,8-14H2,1H3. The topological polar surface area (TPSA) is 60.9 Å². The molecule has 0 bridgehead atoms. The number of amides is 1. The quantitative estimate of drug-likeness (QED) is 0.829. The van der Waals surface area contributed by atoms with E-state index in [1.807, 2.05) is 25.1 Å². The van der Waals surface area contributed by atoms with E-state index in [0.29, 0.717) is 43.7 Å². The number of rotatable bonds is 7. The van der Waals surface area contributed by atoms with Crippen molar-refractivity contribution in [2.24, 2.45) is 0 Å². The number of carbonyl (C=O) groups is 2. The van der Waals surface area contributed by atoms with Crippen LogP contribution in [0.1, 0.15) is 36.5 Å². The summed E-state index contributed by atoms with van der Waals surface area (Å²) >= 11 is 0. The molecule has 5 nitrogen and oxygen atoms in total. The second kappa shape index (κ2) is 8.79. The number of nitrogens with zero attached hydrogens (tertiary/aromatic N) is 2. The highest BCUT2D eigenvalue weighted by Gasteiger charge is 2.20. The van der Waals surface area contributed by atoms with Crippen LogP contribution in [0.2, 0.25) is 0 Å². The van der Waals surface area contributed by atoms with Crippen LogP contribution in [0.3, 0.4) is 0 Å². The number of aliphatic hydroxyl groups excluding tert-OH is 1. The first-order valence-electron chi connectivity index (χ1n) is 8.36. The first-order valence-corrected chi connectivity index (χ1v) is 8.36. The Hall–Kier alpha value is -1.72. The fourth-order valence-corrected chi connectivity index (χ4v) is 2.82. The van der Waals surface area contributed by atoms with Gasteiger partial charge in [-0.25, -0.2) is 0 Å². The van der Waals surface area contributed by atoms with E-state index in [-0.39, 0.29) is 5.91 Å². The molecule has 1 aromatic carbocycles. The molecule has 0 radical (unpaired) electrons. The van der Waals surface area contributed by atoms with E-state index in [4.69, 9.17) is 0 Å². The Bertz CT molecular complexity index is 508. The third kappa shape index (κ3) is 5.44. The van der Waals surface area contributed by atoms with Gasteiger partial charge in [-0.15, -0.1) is 0 Å². The van der Waals surface area contributed by atoms with Gasteiger partial charge in [0.15, 0.2) is 0 Å². The van der Waals surface area contributed by atoms with Crippen molar-refractivity contribution in [3.8, 4) is 0 Å². The van der Waals surface area contributed by atoms with Crippen LogP contribution in [-0.4, -0.2) is 65.4 Å². The van der Waals surface area contributed by atoms with Gasteiger partial charge in [-0.3, -0.25) is 9.59 Å². The lowest BCUT2D eigenvalue weighted by Crippen LogP contribution is -2.40. The highest BCUT2D eigenvalue weighted by atomic mass is 16.3. The van der Waals surface area contributed by atoms with Crippen molar-refractivity contribution in [3.63, 3.8) is 0 Å². The third-order valence-corrected chi connectivity index (χ3v) is 4.31. The molecular formula is C18H26N2O3. The van der Waals surface area contributed by atoms with E-state index in [1.54, 1.807) is 17.0 Å². The Labute approximate surface area is 137 Å². The molecule has 0 spiro atoms. The van der Waals surface area contributed by atoms with Crippen molar-refractivity contribution in [1.29, 1.82) is 0 Å². The lowest BCUT2D eigenvalue weighted by molar-refractivity contribution is -0.121. The summed E-state index contributed by atoms with van der Waals surface area (Å²) in [6.07, 6.45) is 1.31. The summed E-state index contributed by atoms with van der Waals surface area (Å²) in [4.78, 5) is 27.5. The number of aliphatic hydroxyl groups is 1. The second-order valence-electron chi connectivity index (χ2n) is 6.03. The molecule has 1 amide bonds. The number of hydrogen-bond acceptors (Lipinski definition) is 4. The van der Waals surface area contributed by atoms with Crippen molar-refractivity contribution in [1.82, 2.24) is 9.80 Å². The van der Waals surface area contributed by atoms with Crippen LogP contribution in [0.25, 0.3) is 0 Å². The molecule has 1 aromatic rings. The molecule has 1 N–H and O–H groups in total. The summed E-state index contributed by atoms with van der Waals surface area (Å²) in [6, 6.07) is 9.15. The normalized spacial score (nSPS) is 17.0. The molecule has 1 unspecified atom stereocenters. The van der Waals surface area contributed by atoms with Gasteiger partial charge in [0.2, 0.25) is 0 Å². The van der Waals surface area contributed by atoms with Gasteiger partial charge < -0.3 is 14.9 Å². The van der Waals surface area contributed by atoms with Gasteiger partial charge >= 0.3 is 0 Å². The Morgan fingerprint density at radius 3 is 2.52 bits per heavy atom. The maximum absolute atomic E-state index is 12.4. The van der Waals surface area contributed by atoms with Crippen molar-refractivity contribution >= 4 is 11.7 Å². The van der Waals surface area contributed by atoms with Crippen molar-refractivity contribution in [2.75, 3.05) is 32.7 Å². The number of carbonyl (C=O) groups excluding carboxylic acids is 2. The van der Waals surface area contributed by atoms with Gasteiger partial charge in [-0.05, 0) is 25.5 Å². The number of Topliss-reactive ketones (excluding diaryl/α,β-unsaturated/α-hetero) is 1. The summed E-state index contributed by atoms with van der Waals surface area (Å²) in [5.41, 5.74) is 0.649. The number of hydrogen-bond donors (Lipinski definition) is 1. The number of piperidine rings is 1. The maximum atomic E-state index is 12.4. The van der Waals surface area contributed by atoms with Crippen LogP contribution < -0.4 is 0 Å². The first-order chi connectivity index (χ1) is 11.1. The van der Waals surface area contributed by atoms with Crippen LogP contribution in [0.5, 0.6) is 0 Å². The minimum Gasteiger partial charge on any atom is -0.391 e. The monoisotopic (exact) mass is 318 g/mol. The average molecular weight is 318 g/mol. The fraction of sp³-hybridized carbons (Fsp3) is 0.556. The smallest absolute Gasteiger partial charge is 0.253 e. The number of likely N-dealkylation sites (tertiary alicyclic amines) is 1. The molecule has 1 saturated heterocycles. The molecule has 1 fully saturated rings. The highest BCUT2D eigenvalue weighted by molar-refractivity contribution is 5.94. The third-order valence-electron chi connectivity index (χ3n) is 4.31. The molecule has 0 aromatic heterocycles. The Kier molecular flexibility index (Phi) is 6.74. The zero-order valence-corrected chi connectivity index (χ0v) is 13.8. The van der Waals surface area contributed by atoms with Crippen LogP contribution in [0.4, 0.5) is 0 Å². The summed E-state index contributed by atoms with van der Waals surface area (Å²) in [6.45, 7) is 5.17. The van der Waals surface area contributed by atoms with Crippen LogP contribution >= 0.6 is 0 Å². The van der Waals surface area contributed by atoms with Gasteiger partial charge in [-0.1, -0.05) is 18.2 Å². The van der Waals surface area contributed by atoms with E-state index >= 15 is 0 Å². The molecule has 0 saturated carbocycles. The molecule has 126 valence electrons. The molecule has 1 heterocycles. The van der Waals surface area contributed by atoms with Crippen molar-refractivity contribution in [3.05, 3.63) is 35.9 Å². The van der Waals surface area contributed by atoms with E-state index < -0.39 is 6.10 Å². The van der Waals surface area contributed by atoms with E-state index in [2.05, 4.69) is 4.90 Å². The van der Waals surface area contributed by atoms with Gasteiger partial charge in [-0.2, -0.15) is 0 Å². The van der Waals surface area contributed by atoms with Crippen molar-refractivity contribution in [2.45, 2.75) is 32.3 Å². The van der Waals surface area contributed by atoms with Gasteiger partial charge in [0.1, 0.15) is 5.78 Å². The summed E-state index contributed by atoms with van der Waals surface area (Å²) in [7, 11) is 0. The fourth-order valence-electron chi connectivity index (χ4n) is 2.82. The Balaban J connectivity index is 1.79. The summed E-state index contributed by atoms with van der Waals surface area (Å²) in [5, 5.41) is 10.2. The summed E-state index contributed by atoms with van der Waals surface area (Å²) < 4.78 is 0.